The molecule has 7 heteroatoms. The van der Waals surface area contributed by atoms with Crippen LogP contribution in [0.1, 0.15) is 18.5 Å². The molecule has 124 valence electrons. The number of aryl methyl sites for hydroxylation is 1. The van der Waals surface area contributed by atoms with Gasteiger partial charge in [0.15, 0.2) is 0 Å². The number of H-pyrrole nitrogens is 1. The molecule has 4 rings (SSSR count). The standard InChI is InChI=1S/C17H17Cl2N5/c1-10-6-14-15(20-10)22-17(24-4-2-3-5-24)23-16(14)21-13-8-11(18)7-12(19)9-13/h6-9H,2-5H2,1H3,(H2,20,21,22,23). The fourth-order valence-electron chi connectivity index (χ4n) is 3.05. The van der Waals surface area contributed by atoms with Crippen molar-refractivity contribution in [1.29, 1.82) is 0 Å². The van der Waals surface area contributed by atoms with Crippen LogP contribution in [0, 0.1) is 6.92 Å². The zero-order valence-electron chi connectivity index (χ0n) is 13.2. The first-order valence-electron chi connectivity index (χ1n) is 7.94. The molecule has 0 aliphatic carbocycles. The highest BCUT2D eigenvalue weighted by Gasteiger charge is 2.18. The summed E-state index contributed by atoms with van der Waals surface area (Å²) in [5.41, 5.74) is 2.68. The summed E-state index contributed by atoms with van der Waals surface area (Å²) < 4.78 is 0. The van der Waals surface area contributed by atoms with Gasteiger partial charge < -0.3 is 15.2 Å². The summed E-state index contributed by atoms with van der Waals surface area (Å²) in [4.78, 5) is 14.9. The van der Waals surface area contributed by atoms with Crippen LogP contribution in [0.5, 0.6) is 0 Å². The van der Waals surface area contributed by atoms with E-state index in [-0.39, 0.29) is 0 Å². The Morgan fingerprint density at radius 3 is 2.46 bits per heavy atom. The molecule has 0 amide bonds. The van der Waals surface area contributed by atoms with Crippen LogP contribution in [-0.4, -0.2) is 28.0 Å². The minimum Gasteiger partial charge on any atom is -0.343 e. The molecule has 1 saturated heterocycles. The minimum absolute atomic E-state index is 0.584. The number of hydrogen-bond donors (Lipinski definition) is 2. The van der Waals surface area contributed by atoms with Crippen molar-refractivity contribution in [2.45, 2.75) is 19.8 Å². The first kappa shape index (κ1) is 15.5. The van der Waals surface area contributed by atoms with Gasteiger partial charge in [-0.2, -0.15) is 9.97 Å². The van der Waals surface area contributed by atoms with Crippen molar-refractivity contribution in [2.24, 2.45) is 0 Å². The van der Waals surface area contributed by atoms with E-state index in [9.17, 15) is 0 Å². The molecule has 1 aliphatic rings. The molecule has 2 N–H and O–H groups in total. The van der Waals surface area contributed by atoms with E-state index in [2.05, 4.69) is 20.2 Å². The molecule has 0 saturated carbocycles. The quantitative estimate of drug-likeness (QED) is 0.695. The number of fused-ring (bicyclic) bond motifs is 1. The van der Waals surface area contributed by atoms with Gasteiger partial charge in [0.05, 0.1) is 5.39 Å². The second kappa shape index (κ2) is 6.15. The molecule has 0 bridgehead atoms. The van der Waals surface area contributed by atoms with Crippen molar-refractivity contribution in [3.8, 4) is 0 Å². The highest BCUT2D eigenvalue weighted by molar-refractivity contribution is 6.35. The summed E-state index contributed by atoms with van der Waals surface area (Å²) in [6, 6.07) is 7.41. The van der Waals surface area contributed by atoms with Gasteiger partial charge in [-0.1, -0.05) is 23.2 Å². The summed E-state index contributed by atoms with van der Waals surface area (Å²) >= 11 is 12.2. The SMILES string of the molecule is Cc1cc2c(Nc3cc(Cl)cc(Cl)c3)nc(N3CCCC3)nc2[nH]1. The molecular formula is C17H17Cl2N5. The smallest absolute Gasteiger partial charge is 0.229 e. The third-order valence-corrected chi connectivity index (χ3v) is 4.56. The maximum Gasteiger partial charge on any atom is 0.229 e. The first-order valence-corrected chi connectivity index (χ1v) is 8.69. The molecule has 1 aromatic carbocycles. The summed E-state index contributed by atoms with van der Waals surface area (Å²) in [5, 5.41) is 5.46. The van der Waals surface area contributed by atoms with Gasteiger partial charge in [-0.15, -0.1) is 0 Å². The van der Waals surface area contributed by atoms with E-state index in [4.69, 9.17) is 28.2 Å². The number of nitrogens with zero attached hydrogens (tertiary/aromatic N) is 3. The zero-order valence-corrected chi connectivity index (χ0v) is 14.7. The van der Waals surface area contributed by atoms with Crippen molar-refractivity contribution in [1.82, 2.24) is 15.0 Å². The molecule has 0 atom stereocenters. The maximum absolute atomic E-state index is 6.10. The Morgan fingerprint density at radius 1 is 1.04 bits per heavy atom. The summed E-state index contributed by atoms with van der Waals surface area (Å²) in [5.74, 6) is 1.50. The Bertz CT molecular complexity index is 879. The van der Waals surface area contributed by atoms with Gasteiger partial charge in [0.1, 0.15) is 11.5 Å². The second-order valence-corrected chi connectivity index (χ2v) is 6.94. The average Bonchev–Trinajstić information content (AvgIpc) is 3.14. The lowest BCUT2D eigenvalue weighted by Crippen LogP contribution is -2.20. The highest BCUT2D eigenvalue weighted by atomic mass is 35.5. The number of rotatable bonds is 3. The molecule has 1 aliphatic heterocycles. The molecule has 0 radical (unpaired) electrons. The lowest BCUT2D eigenvalue weighted by atomic mass is 10.3. The van der Waals surface area contributed by atoms with Gasteiger partial charge >= 0.3 is 0 Å². The molecule has 0 spiro atoms. The zero-order chi connectivity index (χ0) is 16.7. The molecular weight excluding hydrogens is 345 g/mol. The fraction of sp³-hybridized carbons (Fsp3) is 0.294. The van der Waals surface area contributed by atoms with Crippen LogP contribution in [-0.2, 0) is 0 Å². The van der Waals surface area contributed by atoms with Crippen LogP contribution in [0.3, 0.4) is 0 Å². The van der Waals surface area contributed by atoms with Crippen LogP contribution in [0.25, 0.3) is 11.0 Å². The fourth-order valence-corrected chi connectivity index (χ4v) is 3.57. The first-order chi connectivity index (χ1) is 11.6. The number of hydrogen-bond acceptors (Lipinski definition) is 4. The Balaban J connectivity index is 1.79. The van der Waals surface area contributed by atoms with Crippen molar-refractivity contribution in [2.75, 3.05) is 23.3 Å². The van der Waals surface area contributed by atoms with Gasteiger partial charge in [0, 0.05) is 34.5 Å². The van der Waals surface area contributed by atoms with E-state index in [1.807, 2.05) is 25.1 Å². The van der Waals surface area contributed by atoms with Crippen molar-refractivity contribution in [3.05, 3.63) is 40.0 Å². The number of anilines is 3. The monoisotopic (exact) mass is 361 g/mol. The number of nitrogens with one attached hydrogen (secondary N) is 2. The molecule has 1 fully saturated rings. The predicted molar refractivity (Wildman–Crippen MR) is 99.8 cm³/mol. The highest BCUT2D eigenvalue weighted by Crippen LogP contribution is 2.30. The van der Waals surface area contributed by atoms with Gasteiger partial charge in [-0.25, -0.2) is 0 Å². The number of aromatic amines is 1. The van der Waals surface area contributed by atoms with Gasteiger partial charge in [0.2, 0.25) is 5.95 Å². The molecule has 0 unspecified atom stereocenters. The Labute approximate surface area is 150 Å². The van der Waals surface area contributed by atoms with E-state index < -0.39 is 0 Å². The number of benzene rings is 1. The predicted octanol–water partition coefficient (Wildman–Crippen LogP) is 4.92. The molecule has 5 nitrogen and oxygen atoms in total. The largest absolute Gasteiger partial charge is 0.343 e. The number of halogens is 2. The number of aromatic nitrogens is 3. The normalized spacial score (nSPS) is 14.5. The third kappa shape index (κ3) is 3.01. The van der Waals surface area contributed by atoms with E-state index in [1.165, 1.54) is 12.8 Å². The average molecular weight is 362 g/mol. The molecule has 2 aromatic heterocycles. The molecule has 3 aromatic rings. The van der Waals surface area contributed by atoms with Gasteiger partial charge in [-0.05, 0) is 44.0 Å². The molecule has 24 heavy (non-hydrogen) atoms. The van der Waals surface area contributed by atoms with E-state index in [0.717, 1.165) is 47.3 Å². The Kier molecular flexibility index (Phi) is 3.98. The summed E-state index contributed by atoms with van der Waals surface area (Å²) in [7, 11) is 0. The Hall–Kier alpha value is -1.98. The van der Waals surface area contributed by atoms with E-state index >= 15 is 0 Å². The second-order valence-electron chi connectivity index (χ2n) is 6.06. The summed E-state index contributed by atoms with van der Waals surface area (Å²) in [6.07, 6.45) is 2.36. The van der Waals surface area contributed by atoms with Crippen LogP contribution >= 0.6 is 23.2 Å². The molecule has 3 heterocycles. The maximum atomic E-state index is 6.10. The van der Waals surface area contributed by atoms with Crippen molar-refractivity contribution in [3.63, 3.8) is 0 Å². The topological polar surface area (TPSA) is 56.8 Å². The van der Waals surface area contributed by atoms with Crippen LogP contribution < -0.4 is 10.2 Å². The van der Waals surface area contributed by atoms with Crippen LogP contribution in [0.2, 0.25) is 10.0 Å². The van der Waals surface area contributed by atoms with E-state index in [0.29, 0.717) is 10.0 Å². The van der Waals surface area contributed by atoms with Gasteiger partial charge in [0.25, 0.3) is 0 Å². The van der Waals surface area contributed by atoms with Gasteiger partial charge in [-0.3, -0.25) is 0 Å². The minimum atomic E-state index is 0.584. The lowest BCUT2D eigenvalue weighted by Gasteiger charge is -2.17. The van der Waals surface area contributed by atoms with E-state index in [1.54, 1.807) is 6.07 Å². The lowest BCUT2D eigenvalue weighted by molar-refractivity contribution is 0.907. The third-order valence-electron chi connectivity index (χ3n) is 4.12. The summed E-state index contributed by atoms with van der Waals surface area (Å²) in [6.45, 7) is 4.00. The van der Waals surface area contributed by atoms with Crippen LogP contribution in [0.4, 0.5) is 17.5 Å². The van der Waals surface area contributed by atoms with Crippen LogP contribution in [0.15, 0.2) is 24.3 Å². The van der Waals surface area contributed by atoms with Crippen molar-refractivity contribution < 1.29 is 0 Å². The Morgan fingerprint density at radius 2 is 1.75 bits per heavy atom. The van der Waals surface area contributed by atoms with Crippen molar-refractivity contribution >= 4 is 51.7 Å².